The van der Waals surface area contributed by atoms with Crippen LogP contribution in [-0.2, 0) is 11.3 Å². The molecule has 1 N–H and O–H groups in total. The zero-order valence-corrected chi connectivity index (χ0v) is 13.1. The summed E-state index contributed by atoms with van der Waals surface area (Å²) < 4.78 is 2.20. The molecule has 5 nitrogen and oxygen atoms in total. The molecule has 0 bridgehead atoms. The van der Waals surface area contributed by atoms with Gasteiger partial charge in [-0.3, -0.25) is 4.79 Å². The molecule has 0 amide bonds. The number of thioether (sulfide) groups is 2. The van der Waals surface area contributed by atoms with Crippen molar-refractivity contribution in [3.8, 4) is 0 Å². The highest BCUT2D eigenvalue weighted by Crippen LogP contribution is 2.41. The quantitative estimate of drug-likeness (QED) is 0.780. The van der Waals surface area contributed by atoms with E-state index in [0.717, 1.165) is 17.5 Å². The molecule has 1 aliphatic carbocycles. The largest absolute Gasteiger partial charge is 0.481 e. The number of nitrogens with zero attached hydrogens (tertiary/aromatic N) is 3. The molecule has 1 heterocycles. The van der Waals surface area contributed by atoms with Crippen LogP contribution in [0, 0.1) is 0 Å². The third-order valence-electron chi connectivity index (χ3n) is 3.10. The number of aliphatic carboxylic acids is 1. The maximum atomic E-state index is 10.7. The Kier molecular flexibility index (Phi) is 4.45. The number of carboxylic acid groups (broad SMARTS) is 1. The second-order valence-corrected chi connectivity index (χ2v) is 7.80. The standard InChI is InChI=1S/C12H19N3O2S2/c1-12(2,18-3)7-15-10(8-4-5-8)13-14-11(15)19-6-9(16)17/h8H,4-7H2,1-3H3,(H,16,17). The van der Waals surface area contributed by atoms with Gasteiger partial charge in [-0.05, 0) is 32.9 Å². The molecule has 1 saturated carbocycles. The normalized spacial score (nSPS) is 15.7. The third kappa shape index (κ3) is 3.89. The van der Waals surface area contributed by atoms with E-state index in [1.54, 1.807) is 11.8 Å². The van der Waals surface area contributed by atoms with Gasteiger partial charge in [0, 0.05) is 17.2 Å². The van der Waals surface area contributed by atoms with E-state index < -0.39 is 5.97 Å². The maximum absolute atomic E-state index is 10.7. The fourth-order valence-electron chi connectivity index (χ4n) is 1.77. The van der Waals surface area contributed by atoms with Gasteiger partial charge in [-0.2, -0.15) is 11.8 Å². The van der Waals surface area contributed by atoms with Crippen LogP contribution in [-0.4, -0.2) is 42.6 Å². The number of rotatable bonds is 7. The summed E-state index contributed by atoms with van der Waals surface area (Å²) in [6, 6.07) is 0. The molecule has 0 atom stereocenters. The van der Waals surface area contributed by atoms with Crippen LogP contribution < -0.4 is 0 Å². The molecule has 0 radical (unpaired) electrons. The molecule has 1 aromatic heterocycles. The molecule has 0 unspecified atom stereocenters. The molecule has 2 rings (SSSR count). The first-order chi connectivity index (χ1) is 8.93. The van der Waals surface area contributed by atoms with Crippen LogP contribution in [0.3, 0.4) is 0 Å². The van der Waals surface area contributed by atoms with Crippen molar-refractivity contribution in [2.24, 2.45) is 0 Å². The van der Waals surface area contributed by atoms with Crippen molar-refractivity contribution in [1.29, 1.82) is 0 Å². The van der Waals surface area contributed by atoms with Crippen LogP contribution in [0.25, 0.3) is 0 Å². The highest BCUT2D eigenvalue weighted by Gasteiger charge is 2.32. The minimum Gasteiger partial charge on any atom is -0.481 e. The SMILES string of the molecule is CSC(C)(C)Cn1c(SCC(=O)O)nnc1C1CC1. The van der Waals surface area contributed by atoms with Gasteiger partial charge < -0.3 is 9.67 Å². The molecule has 7 heteroatoms. The minimum atomic E-state index is -0.823. The molecule has 106 valence electrons. The Morgan fingerprint density at radius 3 is 2.68 bits per heavy atom. The van der Waals surface area contributed by atoms with Gasteiger partial charge in [0.25, 0.3) is 0 Å². The first-order valence-electron chi connectivity index (χ1n) is 6.26. The topological polar surface area (TPSA) is 68.0 Å². The van der Waals surface area contributed by atoms with E-state index in [1.807, 2.05) is 0 Å². The van der Waals surface area contributed by atoms with Gasteiger partial charge in [-0.15, -0.1) is 10.2 Å². The fraction of sp³-hybridized carbons (Fsp3) is 0.750. The summed E-state index contributed by atoms with van der Waals surface area (Å²) in [7, 11) is 0. The molecular formula is C12H19N3O2S2. The van der Waals surface area contributed by atoms with Gasteiger partial charge in [0.05, 0.1) is 5.75 Å². The van der Waals surface area contributed by atoms with Crippen LogP contribution in [0.2, 0.25) is 0 Å². The van der Waals surface area contributed by atoms with Gasteiger partial charge in [-0.1, -0.05) is 11.8 Å². The molecule has 0 aliphatic heterocycles. The molecule has 0 saturated heterocycles. The Bertz CT molecular complexity index is 470. The maximum Gasteiger partial charge on any atom is 0.313 e. The number of hydrogen-bond donors (Lipinski definition) is 1. The predicted molar refractivity (Wildman–Crippen MR) is 78.0 cm³/mol. The Morgan fingerprint density at radius 2 is 2.16 bits per heavy atom. The summed E-state index contributed by atoms with van der Waals surface area (Å²) in [5.41, 5.74) is 0. The Morgan fingerprint density at radius 1 is 1.47 bits per heavy atom. The monoisotopic (exact) mass is 301 g/mol. The lowest BCUT2D eigenvalue weighted by molar-refractivity contribution is -0.133. The van der Waals surface area contributed by atoms with Gasteiger partial charge in [0.15, 0.2) is 5.16 Å². The Labute approximate surface area is 121 Å². The Balaban J connectivity index is 2.20. The summed E-state index contributed by atoms with van der Waals surface area (Å²) in [6.45, 7) is 5.18. The molecular weight excluding hydrogens is 282 g/mol. The van der Waals surface area contributed by atoms with E-state index >= 15 is 0 Å². The smallest absolute Gasteiger partial charge is 0.313 e. The molecule has 1 aliphatic rings. The van der Waals surface area contributed by atoms with Crippen LogP contribution in [0.5, 0.6) is 0 Å². The van der Waals surface area contributed by atoms with Crippen molar-refractivity contribution >= 4 is 29.5 Å². The number of hydrogen-bond acceptors (Lipinski definition) is 5. The fourth-order valence-corrected chi connectivity index (χ4v) is 2.69. The lowest BCUT2D eigenvalue weighted by Crippen LogP contribution is -2.24. The number of carbonyl (C=O) groups is 1. The molecule has 1 aromatic rings. The third-order valence-corrected chi connectivity index (χ3v) is 5.29. The van der Waals surface area contributed by atoms with Crippen molar-refractivity contribution in [3.63, 3.8) is 0 Å². The summed E-state index contributed by atoms with van der Waals surface area (Å²) in [6.07, 6.45) is 4.42. The molecule has 0 spiro atoms. The zero-order valence-electron chi connectivity index (χ0n) is 11.4. The lowest BCUT2D eigenvalue weighted by atomic mass is 10.2. The van der Waals surface area contributed by atoms with Crippen molar-refractivity contribution in [3.05, 3.63) is 5.82 Å². The second-order valence-electron chi connectivity index (χ2n) is 5.35. The predicted octanol–water partition coefficient (Wildman–Crippen LogP) is 2.47. The van der Waals surface area contributed by atoms with Crippen LogP contribution in [0.15, 0.2) is 5.16 Å². The highest BCUT2D eigenvalue weighted by molar-refractivity contribution is 8.00. The van der Waals surface area contributed by atoms with Crippen LogP contribution >= 0.6 is 23.5 Å². The van der Waals surface area contributed by atoms with E-state index in [1.165, 1.54) is 24.6 Å². The Hall–Kier alpha value is -0.690. The van der Waals surface area contributed by atoms with Crippen molar-refractivity contribution < 1.29 is 9.90 Å². The van der Waals surface area contributed by atoms with E-state index in [2.05, 4.69) is 34.9 Å². The van der Waals surface area contributed by atoms with Crippen molar-refractivity contribution in [2.45, 2.75) is 49.1 Å². The molecule has 1 fully saturated rings. The first-order valence-corrected chi connectivity index (χ1v) is 8.47. The average molecular weight is 301 g/mol. The number of aromatic nitrogens is 3. The van der Waals surface area contributed by atoms with E-state index in [0.29, 0.717) is 5.92 Å². The minimum absolute atomic E-state index is 0.0303. The lowest BCUT2D eigenvalue weighted by Gasteiger charge is -2.24. The second kappa shape index (κ2) is 5.75. The summed E-state index contributed by atoms with van der Waals surface area (Å²) in [5, 5.41) is 18.0. The summed E-state index contributed by atoms with van der Waals surface area (Å²) in [4.78, 5) is 10.7. The summed E-state index contributed by atoms with van der Waals surface area (Å²) >= 11 is 3.05. The van der Waals surface area contributed by atoms with Crippen LogP contribution in [0.1, 0.15) is 38.4 Å². The van der Waals surface area contributed by atoms with E-state index in [4.69, 9.17) is 5.11 Å². The van der Waals surface area contributed by atoms with Crippen molar-refractivity contribution in [2.75, 3.05) is 12.0 Å². The summed E-state index contributed by atoms with van der Waals surface area (Å²) in [5.74, 6) is 0.749. The van der Waals surface area contributed by atoms with E-state index in [-0.39, 0.29) is 10.5 Å². The first kappa shape index (κ1) is 14.7. The van der Waals surface area contributed by atoms with Gasteiger partial charge >= 0.3 is 5.97 Å². The van der Waals surface area contributed by atoms with Crippen molar-refractivity contribution in [1.82, 2.24) is 14.8 Å². The van der Waals surface area contributed by atoms with Gasteiger partial charge in [0.1, 0.15) is 5.82 Å². The molecule has 19 heavy (non-hydrogen) atoms. The average Bonchev–Trinajstić information content (AvgIpc) is 3.10. The number of carboxylic acids is 1. The van der Waals surface area contributed by atoms with Crippen LogP contribution in [0.4, 0.5) is 0 Å². The van der Waals surface area contributed by atoms with E-state index in [9.17, 15) is 4.79 Å². The van der Waals surface area contributed by atoms with Gasteiger partial charge in [0.2, 0.25) is 0 Å². The van der Waals surface area contributed by atoms with Gasteiger partial charge in [-0.25, -0.2) is 0 Å². The molecule has 0 aromatic carbocycles. The highest BCUT2D eigenvalue weighted by atomic mass is 32.2. The zero-order chi connectivity index (χ0) is 14.0.